The summed E-state index contributed by atoms with van der Waals surface area (Å²) in [6, 6.07) is 1.43. The molecule has 1 heterocycles. The summed E-state index contributed by atoms with van der Waals surface area (Å²) in [7, 11) is -2.32. The Hall–Kier alpha value is -0.670. The van der Waals surface area contributed by atoms with Gasteiger partial charge in [-0.25, -0.2) is 17.9 Å². The summed E-state index contributed by atoms with van der Waals surface area (Å²) in [5.74, 6) is -0.528. The molecule has 1 aromatic heterocycles. The highest BCUT2D eigenvalue weighted by atomic mass is 35.5. The van der Waals surface area contributed by atoms with Crippen LogP contribution in [0.3, 0.4) is 0 Å². The first kappa shape index (κ1) is 18.4. The second-order valence-electron chi connectivity index (χ2n) is 4.87. The molecule has 1 aliphatic carbocycles. The molecule has 0 aromatic carbocycles. The molecular weight excluding hydrogens is 336 g/mol. The molecule has 0 spiro atoms. The molecule has 0 atom stereocenters. The Kier molecular flexibility index (Phi) is 6.61. The number of carbonyl (C=O) groups is 1. The number of carbonyl (C=O) groups excluding carboxylic acids is 1. The Labute approximate surface area is 134 Å². The van der Waals surface area contributed by atoms with Gasteiger partial charge in [0.2, 0.25) is 10.0 Å². The van der Waals surface area contributed by atoms with Crippen LogP contribution in [0.4, 0.5) is 0 Å². The number of sulfonamides is 1. The number of nitrogens with one attached hydrogen (secondary N) is 1. The van der Waals surface area contributed by atoms with Gasteiger partial charge in [-0.1, -0.05) is 0 Å². The third-order valence-corrected chi connectivity index (χ3v) is 5.93. The Balaban J connectivity index is 0.00000220. The zero-order chi connectivity index (χ0) is 14.8. The number of ether oxygens (including phenoxy) is 1. The molecular formula is C12H19ClN2O4S2. The van der Waals surface area contributed by atoms with Crippen LogP contribution in [-0.4, -0.2) is 33.6 Å². The zero-order valence-corrected chi connectivity index (χ0v) is 14.0. The molecule has 0 radical (unpaired) electrons. The first-order valence-electron chi connectivity index (χ1n) is 6.37. The van der Waals surface area contributed by atoms with E-state index in [0.717, 1.165) is 37.0 Å². The maximum absolute atomic E-state index is 12.2. The van der Waals surface area contributed by atoms with Gasteiger partial charge in [0.05, 0.1) is 12.0 Å². The standard InChI is InChI=1S/C12H18N2O4S2.ClH/c1-18-12(15)11-6-10(7-19-11)20(16,17)14-9-4-2-8(13)3-5-9;/h6-9,14H,2-5,13H2,1H3;1H. The molecule has 1 aromatic rings. The van der Waals surface area contributed by atoms with Gasteiger partial charge in [-0.2, -0.15) is 0 Å². The second-order valence-corrected chi connectivity index (χ2v) is 7.50. The van der Waals surface area contributed by atoms with Crippen LogP contribution in [0, 0.1) is 0 Å². The van der Waals surface area contributed by atoms with Crippen molar-refractivity contribution in [2.75, 3.05) is 7.11 Å². The van der Waals surface area contributed by atoms with Gasteiger partial charge in [0.25, 0.3) is 0 Å². The fraction of sp³-hybridized carbons (Fsp3) is 0.583. The van der Waals surface area contributed by atoms with Crippen LogP contribution in [0.1, 0.15) is 35.4 Å². The maximum atomic E-state index is 12.2. The predicted octanol–water partition coefficient (Wildman–Crippen LogP) is 1.50. The van der Waals surface area contributed by atoms with E-state index < -0.39 is 16.0 Å². The number of rotatable bonds is 4. The van der Waals surface area contributed by atoms with Crippen LogP contribution in [-0.2, 0) is 14.8 Å². The van der Waals surface area contributed by atoms with E-state index >= 15 is 0 Å². The van der Waals surface area contributed by atoms with Crippen LogP contribution in [0.25, 0.3) is 0 Å². The number of hydrogen-bond donors (Lipinski definition) is 2. The van der Waals surface area contributed by atoms with Crippen molar-refractivity contribution in [1.29, 1.82) is 0 Å². The highest BCUT2D eigenvalue weighted by Crippen LogP contribution is 2.23. The topological polar surface area (TPSA) is 98.5 Å². The molecule has 9 heteroatoms. The fourth-order valence-electron chi connectivity index (χ4n) is 2.19. The molecule has 120 valence electrons. The lowest BCUT2D eigenvalue weighted by atomic mass is 9.93. The number of esters is 1. The van der Waals surface area contributed by atoms with E-state index in [1.165, 1.54) is 18.6 Å². The number of methoxy groups -OCH3 is 1. The van der Waals surface area contributed by atoms with Crippen molar-refractivity contribution >= 4 is 39.7 Å². The third kappa shape index (κ3) is 4.65. The van der Waals surface area contributed by atoms with Crippen molar-refractivity contribution in [3.8, 4) is 0 Å². The SMILES string of the molecule is COC(=O)c1cc(S(=O)(=O)NC2CCC(N)CC2)cs1.Cl. The van der Waals surface area contributed by atoms with Gasteiger partial charge in [0, 0.05) is 17.5 Å². The molecule has 0 saturated heterocycles. The Morgan fingerprint density at radius 1 is 1.38 bits per heavy atom. The minimum atomic E-state index is -3.59. The van der Waals surface area contributed by atoms with Crippen LogP contribution >= 0.6 is 23.7 Å². The highest BCUT2D eigenvalue weighted by molar-refractivity contribution is 7.89. The second kappa shape index (κ2) is 7.55. The number of halogens is 1. The monoisotopic (exact) mass is 354 g/mol. The molecule has 6 nitrogen and oxygen atoms in total. The highest BCUT2D eigenvalue weighted by Gasteiger charge is 2.25. The average Bonchev–Trinajstić information content (AvgIpc) is 2.91. The van der Waals surface area contributed by atoms with E-state index in [9.17, 15) is 13.2 Å². The van der Waals surface area contributed by atoms with Gasteiger partial charge in [0.1, 0.15) is 4.88 Å². The summed E-state index contributed by atoms with van der Waals surface area (Å²) in [4.78, 5) is 11.7. The van der Waals surface area contributed by atoms with Crippen molar-refractivity contribution in [3.05, 3.63) is 16.3 Å². The van der Waals surface area contributed by atoms with E-state index in [0.29, 0.717) is 0 Å². The van der Waals surface area contributed by atoms with Crippen LogP contribution < -0.4 is 10.5 Å². The summed E-state index contributed by atoms with van der Waals surface area (Å²) < 4.78 is 31.7. The van der Waals surface area contributed by atoms with Crippen molar-refractivity contribution in [2.24, 2.45) is 5.73 Å². The van der Waals surface area contributed by atoms with E-state index in [4.69, 9.17) is 5.73 Å². The lowest BCUT2D eigenvalue weighted by molar-refractivity contribution is 0.0606. The number of hydrogen-bond acceptors (Lipinski definition) is 6. The van der Waals surface area contributed by atoms with Gasteiger partial charge >= 0.3 is 5.97 Å². The number of nitrogens with two attached hydrogens (primary N) is 1. The van der Waals surface area contributed by atoms with Crippen molar-refractivity contribution in [2.45, 2.75) is 42.7 Å². The fourth-order valence-corrected chi connectivity index (χ4v) is 4.69. The lowest BCUT2D eigenvalue weighted by Crippen LogP contribution is -2.40. The molecule has 1 saturated carbocycles. The van der Waals surface area contributed by atoms with E-state index in [2.05, 4.69) is 9.46 Å². The van der Waals surface area contributed by atoms with E-state index in [1.807, 2.05) is 0 Å². The molecule has 2 rings (SSSR count). The van der Waals surface area contributed by atoms with E-state index in [-0.39, 0.29) is 34.3 Å². The summed E-state index contributed by atoms with van der Waals surface area (Å²) in [6.45, 7) is 0. The predicted molar refractivity (Wildman–Crippen MR) is 83.5 cm³/mol. The third-order valence-electron chi connectivity index (χ3n) is 3.37. The van der Waals surface area contributed by atoms with Gasteiger partial charge < -0.3 is 10.5 Å². The Morgan fingerprint density at radius 3 is 2.57 bits per heavy atom. The molecule has 21 heavy (non-hydrogen) atoms. The van der Waals surface area contributed by atoms with Crippen molar-refractivity contribution in [1.82, 2.24) is 4.72 Å². The quantitative estimate of drug-likeness (QED) is 0.798. The minimum Gasteiger partial charge on any atom is -0.465 e. The van der Waals surface area contributed by atoms with Crippen LogP contribution in [0.15, 0.2) is 16.3 Å². The van der Waals surface area contributed by atoms with Crippen LogP contribution in [0.2, 0.25) is 0 Å². The smallest absolute Gasteiger partial charge is 0.348 e. The van der Waals surface area contributed by atoms with E-state index in [1.54, 1.807) is 0 Å². The molecule has 3 N–H and O–H groups in total. The first-order chi connectivity index (χ1) is 9.42. The van der Waals surface area contributed by atoms with Gasteiger partial charge in [-0.15, -0.1) is 23.7 Å². The van der Waals surface area contributed by atoms with Gasteiger partial charge in [-0.3, -0.25) is 0 Å². The maximum Gasteiger partial charge on any atom is 0.348 e. The molecule has 1 fully saturated rings. The van der Waals surface area contributed by atoms with Crippen LogP contribution in [0.5, 0.6) is 0 Å². The minimum absolute atomic E-state index is 0. The Morgan fingerprint density at radius 2 is 2.00 bits per heavy atom. The lowest BCUT2D eigenvalue weighted by Gasteiger charge is -2.26. The summed E-state index contributed by atoms with van der Waals surface area (Å²) in [5, 5.41) is 1.45. The Bertz CT molecular complexity index is 580. The molecule has 0 unspecified atom stereocenters. The van der Waals surface area contributed by atoms with Gasteiger partial charge in [-0.05, 0) is 31.7 Å². The molecule has 1 aliphatic rings. The van der Waals surface area contributed by atoms with Gasteiger partial charge in [0.15, 0.2) is 0 Å². The summed E-state index contributed by atoms with van der Waals surface area (Å²) in [6.07, 6.45) is 3.14. The molecule has 0 amide bonds. The normalized spacial score (nSPS) is 22.4. The first-order valence-corrected chi connectivity index (χ1v) is 8.73. The largest absolute Gasteiger partial charge is 0.465 e. The molecule has 0 bridgehead atoms. The summed E-state index contributed by atoms with van der Waals surface area (Å²) in [5.41, 5.74) is 5.80. The molecule has 0 aliphatic heterocycles. The van der Waals surface area contributed by atoms with Crippen molar-refractivity contribution in [3.63, 3.8) is 0 Å². The van der Waals surface area contributed by atoms with Crippen molar-refractivity contribution < 1.29 is 17.9 Å². The average molecular weight is 355 g/mol. The summed E-state index contributed by atoms with van der Waals surface area (Å²) >= 11 is 1.06. The zero-order valence-electron chi connectivity index (χ0n) is 11.6. The number of thiophene rings is 1.